The Hall–Kier alpha value is -3.28. The summed E-state index contributed by atoms with van der Waals surface area (Å²) in [5, 5.41) is 1.10. The molecule has 0 radical (unpaired) electrons. The molecule has 1 amide bonds. The van der Waals surface area contributed by atoms with E-state index in [4.69, 9.17) is 32.4 Å². The lowest BCUT2D eigenvalue weighted by atomic mass is 9.86. The van der Waals surface area contributed by atoms with E-state index >= 15 is 0 Å². The monoisotopic (exact) mass is 507 g/mol. The van der Waals surface area contributed by atoms with E-state index in [9.17, 15) is 9.59 Å². The van der Waals surface area contributed by atoms with Gasteiger partial charge in [0.1, 0.15) is 11.3 Å². The first-order valence-electron chi connectivity index (χ1n) is 11.1. The largest absolute Gasteiger partial charge is 0.495 e. The van der Waals surface area contributed by atoms with E-state index in [0.717, 1.165) is 11.1 Å². The van der Waals surface area contributed by atoms with Crippen LogP contribution in [0.3, 0.4) is 0 Å². The highest BCUT2D eigenvalue weighted by molar-refractivity contribution is 6.32. The third kappa shape index (κ3) is 3.89. The molecule has 0 bridgehead atoms. The summed E-state index contributed by atoms with van der Waals surface area (Å²) in [6.07, 6.45) is 0. The number of methoxy groups -OCH3 is 1. The summed E-state index contributed by atoms with van der Waals surface area (Å²) in [6, 6.07) is 17.1. The number of amides is 1. The maximum absolute atomic E-state index is 13.7. The lowest BCUT2D eigenvalue weighted by molar-refractivity contribution is 0.0971. The van der Waals surface area contributed by atoms with Crippen LogP contribution in [0.15, 0.2) is 69.9 Å². The van der Waals surface area contributed by atoms with Crippen LogP contribution in [0, 0.1) is 0 Å². The van der Waals surface area contributed by atoms with Crippen LogP contribution >= 0.6 is 23.2 Å². The summed E-state index contributed by atoms with van der Waals surface area (Å²) >= 11 is 12.6. The summed E-state index contributed by atoms with van der Waals surface area (Å²) in [6.45, 7) is 6.39. The van der Waals surface area contributed by atoms with Gasteiger partial charge in [-0.1, -0.05) is 68.2 Å². The fraction of sp³-hybridized carbons (Fsp3) is 0.214. The Kier molecular flexibility index (Phi) is 5.65. The van der Waals surface area contributed by atoms with Crippen LogP contribution in [-0.2, 0) is 5.41 Å². The Balaban J connectivity index is 1.77. The number of rotatable bonds is 3. The predicted octanol–water partition coefficient (Wildman–Crippen LogP) is 7.16. The van der Waals surface area contributed by atoms with Gasteiger partial charge in [-0.15, -0.1) is 0 Å². The fourth-order valence-corrected chi connectivity index (χ4v) is 4.92. The van der Waals surface area contributed by atoms with Gasteiger partial charge in [0.05, 0.1) is 29.1 Å². The zero-order chi connectivity index (χ0) is 25.1. The second kappa shape index (κ2) is 8.43. The van der Waals surface area contributed by atoms with Crippen LogP contribution in [0.25, 0.3) is 11.0 Å². The Morgan fingerprint density at radius 1 is 0.943 bits per heavy atom. The number of carbonyl (C=O) groups excluding carboxylic acids is 1. The van der Waals surface area contributed by atoms with Crippen LogP contribution in [0.1, 0.15) is 54.1 Å². The first-order chi connectivity index (χ1) is 16.6. The fourth-order valence-electron chi connectivity index (χ4n) is 4.50. The molecular weight excluding hydrogens is 485 g/mol. The molecule has 1 atom stereocenters. The predicted molar refractivity (Wildman–Crippen MR) is 139 cm³/mol. The highest BCUT2D eigenvalue weighted by atomic mass is 35.5. The summed E-state index contributed by atoms with van der Waals surface area (Å²) in [4.78, 5) is 29.0. The number of hydrogen-bond acceptors (Lipinski definition) is 4. The highest BCUT2D eigenvalue weighted by Crippen LogP contribution is 2.43. The minimum absolute atomic E-state index is 0.0154. The number of ether oxygens (including phenoxy) is 1. The quantitative estimate of drug-likeness (QED) is 0.295. The minimum atomic E-state index is -0.699. The van der Waals surface area contributed by atoms with Crippen LogP contribution in [0.5, 0.6) is 5.75 Å². The second-order valence-corrected chi connectivity index (χ2v) is 10.4. The van der Waals surface area contributed by atoms with Crippen molar-refractivity contribution in [2.24, 2.45) is 0 Å². The van der Waals surface area contributed by atoms with Gasteiger partial charge >= 0.3 is 0 Å². The van der Waals surface area contributed by atoms with E-state index in [1.54, 1.807) is 41.3 Å². The van der Waals surface area contributed by atoms with Crippen molar-refractivity contribution in [1.29, 1.82) is 0 Å². The zero-order valence-corrected chi connectivity index (χ0v) is 21.2. The third-order valence-corrected chi connectivity index (χ3v) is 6.87. The smallest absolute Gasteiger partial charge is 0.295 e. The molecule has 1 unspecified atom stereocenters. The van der Waals surface area contributed by atoms with E-state index < -0.39 is 11.9 Å². The number of anilines is 1. The first-order valence-corrected chi connectivity index (χ1v) is 11.9. The van der Waals surface area contributed by atoms with Gasteiger partial charge in [0, 0.05) is 10.7 Å². The molecule has 2 heterocycles. The molecular formula is C28H23Cl2NO4. The molecule has 0 fully saturated rings. The summed E-state index contributed by atoms with van der Waals surface area (Å²) < 4.78 is 11.3. The first kappa shape index (κ1) is 23.5. The van der Waals surface area contributed by atoms with Gasteiger partial charge in [-0.05, 0) is 52.9 Å². The van der Waals surface area contributed by atoms with Crippen LogP contribution in [-0.4, -0.2) is 13.0 Å². The molecule has 4 aromatic rings. The molecule has 7 heteroatoms. The number of benzene rings is 3. The molecule has 0 spiro atoms. The molecule has 1 aromatic heterocycles. The topological polar surface area (TPSA) is 59.8 Å². The van der Waals surface area contributed by atoms with E-state index in [0.29, 0.717) is 32.5 Å². The number of nitrogens with zero attached hydrogens (tertiary/aromatic N) is 1. The normalized spacial score (nSPS) is 15.5. The SMILES string of the molecule is COc1ccc(N2C(=O)c3oc4ccc(Cl)cc4c(=O)c3C2c2ccc(C(C)(C)C)cc2)cc1Cl. The van der Waals surface area contributed by atoms with Crippen molar-refractivity contribution in [3.63, 3.8) is 0 Å². The Morgan fingerprint density at radius 2 is 1.66 bits per heavy atom. The van der Waals surface area contributed by atoms with Crippen molar-refractivity contribution < 1.29 is 13.9 Å². The lowest BCUT2D eigenvalue weighted by Crippen LogP contribution is -2.29. The van der Waals surface area contributed by atoms with Gasteiger partial charge in [0.15, 0.2) is 5.43 Å². The van der Waals surface area contributed by atoms with Crippen LogP contribution < -0.4 is 15.1 Å². The van der Waals surface area contributed by atoms with Gasteiger partial charge in [0.2, 0.25) is 5.76 Å². The van der Waals surface area contributed by atoms with Crippen molar-refractivity contribution in [3.8, 4) is 5.75 Å². The van der Waals surface area contributed by atoms with Crippen molar-refractivity contribution in [3.05, 3.63) is 103 Å². The van der Waals surface area contributed by atoms with Crippen molar-refractivity contribution >= 4 is 45.8 Å². The van der Waals surface area contributed by atoms with E-state index in [2.05, 4.69) is 20.8 Å². The lowest BCUT2D eigenvalue weighted by Gasteiger charge is -2.26. The molecule has 1 aliphatic heterocycles. The van der Waals surface area contributed by atoms with Gasteiger partial charge in [-0.2, -0.15) is 0 Å². The molecule has 0 saturated heterocycles. The maximum Gasteiger partial charge on any atom is 0.295 e. The molecule has 0 N–H and O–H groups in total. The summed E-state index contributed by atoms with van der Waals surface area (Å²) in [7, 11) is 1.52. The molecule has 1 aliphatic rings. The average molecular weight is 508 g/mol. The Morgan fingerprint density at radius 3 is 2.29 bits per heavy atom. The molecule has 35 heavy (non-hydrogen) atoms. The Bertz CT molecular complexity index is 1530. The molecule has 5 rings (SSSR count). The van der Waals surface area contributed by atoms with Gasteiger partial charge in [-0.25, -0.2) is 0 Å². The van der Waals surface area contributed by atoms with Crippen molar-refractivity contribution in [2.75, 3.05) is 12.0 Å². The van der Waals surface area contributed by atoms with Crippen LogP contribution in [0.4, 0.5) is 5.69 Å². The number of halogens is 2. The minimum Gasteiger partial charge on any atom is -0.495 e. The molecule has 0 saturated carbocycles. The number of fused-ring (bicyclic) bond motifs is 2. The third-order valence-electron chi connectivity index (χ3n) is 6.34. The molecule has 3 aromatic carbocycles. The van der Waals surface area contributed by atoms with Gasteiger partial charge < -0.3 is 9.15 Å². The molecule has 178 valence electrons. The zero-order valence-electron chi connectivity index (χ0n) is 19.7. The number of carbonyl (C=O) groups is 1. The maximum atomic E-state index is 13.7. The average Bonchev–Trinajstić information content (AvgIpc) is 3.11. The van der Waals surface area contributed by atoms with Crippen molar-refractivity contribution in [1.82, 2.24) is 0 Å². The Labute approximate surface area is 212 Å². The molecule has 0 aliphatic carbocycles. The summed E-state index contributed by atoms with van der Waals surface area (Å²) in [5.41, 5.74) is 2.70. The van der Waals surface area contributed by atoms with Crippen molar-refractivity contribution in [2.45, 2.75) is 32.2 Å². The standard InChI is InChI=1S/C28H23Cl2NO4/c1-28(2,3)16-7-5-15(6-8-16)24-23-25(32)19-13-17(29)9-11-21(19)35-26(23)27(33)31(24)18-10-12-22(34-4)20(30)14-18/h5-14,24H,1-4H3. The van der Waals surface area contributed by atoms with Gasteiger partial charge in [-0.3, -0.25) is 14.5 Å². The van der Waals surface area contributed by atoms with E-state index in [1.807, 2.05) is 24.3 Å². The molecule has 5 nitrogen and oxygen atoms in total. The van der Waals surface area contributed by atoms with Crippen LogP contribution in [0.2, 0.25) is 10.0 Å². The highest BCUT2D eigenvalue weighted by Gasteiger charge is 2.44. The summed E-state index contributed by atoms with van der Waals surface area (Å²) in [5.74, 6) is 0.0852. The van der Waals surface area contributed by atoms with E-state index in [1.165, 1.54) is 7.11 Å². The number of hydrogen-bond donors (Lipinski definition) is 0. The second-order valence-electron chi connectivity index (χ2n) is 9.58. The van der Waals surface area contributed by atoms with Gasteiger partial charge in [0.25, 0.3) is 5.91 Å². The van der Waals surface area contributed by atoms with E-state index in [-0.39, 0.29) is 22.2 Å².